The average Bonchev–Trinajstić information content (AvgIpc) is 3.33. The standard InChI is InChI=1S/C58H44B2N2O2Si/c1-33-25-39-41-26-36(63-2)28-50-57(41)60(45-22-14-16-24-49(45)61(50)34-17-9-7-10-18-34)47-31-43-52(65(4,5)6)32-40-42-27-37(64-3)29-51-58(42)59(46-30-38(33)55(53(39)47)56(43)54(40)46)44-21-13-15-23-48(44)62(51)35-19-11-8-12-20-35/h7-32H,1-6H3. The molecule has 0 aliphatic carbocycles. The highest BCUT2D eigenvalue weighted by molar-refractivity contribution is 7.03. The van der Waals surface area contributed by atoms with Gasteiger partial charge in [0.15, 0.2) is 0 Å². The molecule has 4 nitrogen and oxygen atoms in total. The molecular weight excluding hydrogens is 806 g/mol. The first-order valence-electron chi connectivity index (χ1n) is 22.9. The Hall–Kier alpha value is -7.21. The van der Waals surface area contributed by atoms with E-state index in [2.05, 4.69) is 194 Å². The van der Waals surface area contributed by atoms with Crippen molar-refractivity contribution in [1.29, 1.82) is 0 Å². The number of hydrogen-bond donors (Lipinski definition) is 0. The Morgan fingerprint density at radius 2 is 0.862 bits per heavy atom. The summed E-state index contributed by atoms with van der Waals surface area (Å²) in [6.07, 6.45) is 0. The van der Waals surface area contributed by atoms with Crippen LogP contribution in [-0.2, 0) is 0 Å². The summed E-state index contributed by atoms with van der Waals surface area (Å²) < 4.78 is 12.5. The van der Waals surface area contributed by atoms with Crippen LogP contribution in [0, 0.1) is 6.92 Å². The lowest BCUT2D eigenvalue weighted by Crippen LogP contribution is -2.60. The molecule has 14 rings (SSSR count). The molecule has 65 heavy (non-hydrogen) atoms. The summed E-state index contributed by atoms with van der Waals surface area (Å²) >= 11 is 0. The molecule has 0 N–H and O–H groups in total. The maximum absolute atomic E-state index is 6.24. The minimum absolute atomic E-state index is 0.0343. The first kappa shape index (κ1) is 37.2. The van der Waals surface area contributed by atoms with E-state index in [1.165, 1.54) is 121 Å². The van der Waals surface area contributed by atoms with Gasteiger partial charge in [0.05, 0.1) is 22.3 Å². The highest BCUT2D eigenvalue weighted by Crippen LogP contribution is 2.50. The Kier molecular flexibility index (Phi) is 7.41. The molecule has 0 amide bonds. The van der Waals surface area contributed by atoms with Gasteiger partial charge >= 0.3 is 0 Å². The normalized spacial score (nSPS) is 13.9. The third-order valence-corrected chi connectivity index (χ3v) is 17.2. The van der Waals surface area contributed by atoms with Gasteiger partial charge in [-0.1, -0.05) is 133 Å². The molecule has 10 aromatic rings. The molecule has 0 radical (unpaired) electrons. The second kappa shape index (κ2) is 13.0. The van der Waals surface area contributed by atoms with Crippen LogP contribution >= 0.6 is 0 Å². The topological polar surface area (TPSA) is 24.9 Å². The summed E-state index contributed by atoms with van der Waals surface area (Å²) in [6.45, 7) is 10.0. The van der Waals surface area contributed by atoms with E-state index in [0.29, 0.717) is 0 Å². The maximum atomic E-state index is 6.24. The molecule has 308 valence electrons. The summed E-state index contributed by atoms with van der Waals surface area (Å²) in [5.41, 5.74) is 21.7. The third kappa shape index (κ3) is 4.78. The molecule has 4 aliphatic heterocycles. The Bertz CT molecular complexity index is 3720. The van der Waals surface area contributed by atoms with Crippen molar-refractivity contribution < 1.29 is 9.47 Å². The van der Waals surface area contributed by atoms with E-state index in [4.69, 9.17) is 9.47 Å². The third-order valence-electron chi connectivity index (χ3n) is 15.2. The summed E-state index contributed by atoms with van der Waals surface area (Å²) in [4.78, 5) is 4.92. The van der Waals surface area contributed by atoms with Gasteiger partial charge in [-0.05, 0) is 137 Å². The van der Waals surface area contributed by atoms with Crippen LogP contribution in [0.5, 0.6) is 11.5 Å². The quantitative estimate of drug-likeness (QED) is 0.127. The van der Waals surface area contributed by atoms with Crippen LogP contribution < -0.4 is 57.2 Å². The Balaban J connectivity index is 1.17. The summed E-state index contributed by atoms with van der Waals surface area (Å²) in [5, 5.41) is 9.83. The van der Waals surface area contributed by atoms with Crippen molar-refractivity contribution in [3.63, 3.8) is 0 Å². The number of hydrogen-bond acceptors (Lipinski definition) is 4. The zero-order chi connectivity index (χ0) is 43.6. The van der Waals surface area contributed by atoms with Crippen LogP contribution in [0.1, 0.15) is 5.56 Å². The lowest BCUT2D eigenvalue weighted by molar-refractivity contribution is 0.415. The van der Waals surface area contributed by atoms with Crippen molar-refractivity contribution in [2.24, 2.45) is 0 Å². The molecule has 0 atom stereocenters. The van der Waals surface area contributed by atoms with Crippen LogP contribution in [-0.4, -0.2) is 35.7 Å². The number of aryl methyl sites for hydroxylation is 1. The predicted molar refractivity (Wildman–Crippen MR) is 281 cm³/mol. The van der Waals surface area contributed by atoms with Gasteiger partial charge in [-0.2, -0.15) is 0 Å². The smallest absolute Gasteiger partial charge is 0.248 e. The molecule has 4 heterocycles. The van der Waals surface area contributed by atoms with Gasteiger partial charge in [0, 0.05) is 46.3 Å². The SMILES string of the molecule is COc1cc2c3c(c1)N(c1ccccc1)c1ccccc1B3c1cc3c([Si](C)(C)C)cc4c5c(cc6c(C)cc-2c1c6c35)B1c2ccccc2N(c2ccccc2)c2cc(OC)cc-4c21. The van der Waals surface area contributed by atoms with Gasteiger partial charge in [-0.15, -0.1) is 0 Å². The Morgan fingerprint density at radius 3 is 1.35 bits per heavy atom. The van der Waals surface area contributed by atoms with E-state index in [1.54, 1.807) is 7.11 Å². The lowest BCUT2D eigenvalue weighted by Gasteiger charge is -2.42. The largest absolute Gasteiger partial charge is 0.497 e. The number of fused-ring (bicyclic) bond motifs is 8. The fourth-order valence-corrected chi connectivity index (χ4v) is 14.2. The maximum Gasteiger partial charge on any atom is 0.248 e. The van der Waals surface area contributed by atoms with E-state index in [1.807, 2.05) is 7.11 Å². The monoisotopic (exact) mass is 850 g/mol. The van der Waals surface area contributed by atoms with Gasteiger partial charge in [-0.3, -0.25) is 0 Å². The fraction of sp³-hybridized carbons (Fsp3) is 0.103. The van der Waals surface area contributed by atoms with Gasteiger partial charge in [0.1, 0.15) is 11.5 Å². The number of ether oxygens (including phenoxy) is 2. The summed E-state index contributed by atoms with van der Waals surface area (Å²) in [7, 11) is 1.61. The van der Waals surface area contributed by atoms with Gasteiger partial charge in [-0.25, -0.2) is 0 Å². The molecular formula is C58H44B2N2O2Si. The van der Waals surface area contributed by atoms with E-state index < -0.39 is 8.07 Å². The van der Waals surface area contributed by atoms with E-state index >= 15 is 0 Å². The molecule has 0 saturated heterocycles. The van der Waals surface area contributed by atoms with Crippen LogP contribution in [0.3, 0.4) is 0 Å². The Labute approximate surface area is 381 Å². The molecule has 0 saturated carbocycles. The van der Waals surface area contributed by atoms with Crippen molar-refractivity contribution in [3.8, 4) is 33.8 Å². The van der Waals surface area contributed by atoms with Crippen LogP contribution in [0.2, 0.25) is 19.6 Å². The zero-order valence-electron chi connectivity index (χ0n) is 37.4. The van der Waals surface area contributed by atoms with Crippen LogP contribution in [0.15, 0.2) is 158 Å². The first-order chi connectivity index (χ1) is 31.7. The second-order valence-electron chi connectivity index (χ2n) is 19.5. The summed E-state index contributed by atoms with van der Waals surface area (Å²) in [5.74, 6) is 1.74. The number of anilines is 6. The molecule has 0 fully saturated rings. The molecule has 0 unspecified atom stereocenters. The van der Waals surface area contributed by atoms with Gasteiger partial charge < -0.3 is 19.3 Å². The average molecular weight is 851 g/mol. The lowest BCUT2D eigenvalue weighted by atomic mass is 9.31. The molecule has 0 bridgehead atoms. The van der Waals surface area contributed by atoms with E-state index in [-0.39, 0.29) is 13.4 Å². The number of nitrogens with zero attached hydrogens (tertiary/aromatic N) is 2. The van der Waals surface area contributed by atoms with E-state index in [0.717, 1.165) is 22.9 Å². The number of methoxy groups -OCH3 is 2. The second-order valence-corrected chi connectivity index (χ2v) is 24.6. The first-order valence-corrected chi connectivity index (χ1v) is 26.4. The molecule has 4 aliphatic rings. The van der Waals surface area contributed by atoms with Gasteiger partial charge in [0.2, 0.25) is 13.4 Å². The number of para-hydroxylation sites is 4. The van der Waals surface area contributed by atoms with Crippen LogP contribution in [0.4, 0.5) is 34.1 Å². The highest BCUT2D eigenvalue weighted by atomic mass is 28.3. The number of benzene rings is 10. The Morgan fingerprint density at radius 1 is 0.415 bits per heavy atom. The predicted octanol–water partition coefficient (Wildman–Crippen LogP) is 10.0. The number of rotatable bonds is 5. The molecule has 10 aromatic carbocycles. The molecule has 7 heteroatoms. The van der Waals surface area contributed by atoms with Crippen molar-refractivity contribution in [2.75, 3.05) is 24.0 Å². The van der Waals surface area contributed by atoms with E-state index in [9.17, 15) is 0 Å². The minimum Gasteiger partial charge on any atom is -0.497 e. The molecule has 0 aromatic heterocycles. The van der Waals surface area contributed by atoms with Crippen molar-refractivity contribution in [2.45, 2.75) is 26.6 Å². The van der Waals surface area contributed by atoms with Crippen molar-refractivity contribution >= 4 is 126 Å². The van der Waals surface area contributed by atoms with Crippen molar-refractivity contribution in [1.82, 2.24) is 0 Å². The minimum atomic E-state index is -2.01. The fourth-order valence-electron chi connectivity index (χ4n) is 12.6. The zero-order valence-corrected chi connectivity index (χ0v) is 38.4. The van der Waals surface area contributed by atoms with Gasteiger partial charge in [0.25, 0.3) is 0 Å². The van der Waals surface area contributed by atoms with Crippen molar-refractivity contribution in [3.05, 3.63) is 163 Å². The summed E-state index contributed by atoms with van der Waals surface area (Å²) in [6, 6.07) is 59.4. The highest BCUT2D eigenvalue weighted by Gasteiger charge is 2.46. The van der Waals surface area contributed by atoms with Crippen LogP contribution in [0.25, 0.3) is 54.6 Å². The molecule has 0 spiro atoms.